The third-order valence-electron chi connectivity index (χ3n) is 2.67. The summed E-state index contributed by atoms with van der Waals surface area (Å²) >= 11 is 0. The fourth-order valence-corrected chi connectivity index (χ4v) is 2.32. The summed E-state index contributed by atoms with van der Waals surface area (Å²) in [5, 5.41) is 7.34. The van der Waals surface area contributed by atoms with Crippen LogP contribution in [0.4, 0.5) is 10.1 Å². The number of amides is 1. The number of pyridine rings is 1. The molecule has 1 aromatic carbocycles. The van der Waals surface area contributed by atoms with Crippen LogP contribution in [0.5, 0.6) is 0 Å². The molecule has 6 nitrogen and oxygen atoms in total. The first-order valence-corrected chi connectivity index (χ1v) is 7.38. The second-order valence-corrected chi connectivity index (χ2v) is 5.86. The van der Waals surface area contributed by atoms with Crippen LogP contribution in [0.15, 0.2) is 41.4 Å². The van der Waals surface area contributed by atoms with E-state index in [4.69, 9.17) is 5.14 Å². The Morgan fingerprint density at radius 3 is 2.57 bits per heavy atom. The molecule has 0 saturated carbocycles. The van der Waals surface area contributed by atoms with Crippen molar-refractivity contribution in [2.24, 2.45) is 5.14 Å². The van der Waals surface area contributed by atoms with E-state index < -0.39 is 21.7 Å². The topological polar surface area (TPSA) is 102 Å². The van der Waals surface area contributed by atoms with Gasteiger partial charge in [0.15, 0.2) is 0 Å². The van der Waals surface area contributed by atoms with Crippen LogP contribution in [-0.2, 0) is 10.0 Å². The molecular formula is C13H12FN3O3S. The average Bonchev–Trinajstić information content (AvgIpc) is 2.38. The number of carbonyl (C=O) groups excluding carboxylic acids is 1. The number of hydrogen-bond acceptors (Lipinski definition) is 4. The summed E-state index contributed by atoms with van der Waals surface area (Å²) in [5.41, 5.74) is 0.718. The number of anilines is 1. The number of rotatable bonds is 3. The Hall–Kier alpha value is -2.32. The summed E-state index contributed by atoms with van der Waals surface area (Å²) in [7, 11) is -4.08. The normalized spacial score (nSPS) is 11.2. The smallest absolute Gasteiger partial charge is 0.257 e. The number of benzene rings is 1. The Balaban J connectivity index is 2.37. The van der Waals surface area contributed by atoms with Crippen molar-refractivity contribution in [2.45, 2.75) is 11.8 Å². The number of nitrogens with one attached hydrogen (secondary N) is 1. The van der Waals surface area contributed by atoms with Crippen molar-refractivity contribution in [2.75, 3.05) is 5.32 Å². The highest BCUT2D eigenvalue weighted by Crippen LogP contribution is 2.21. The number of aryl methyl sites for hydroxylation is 1. The van der Waals surface area contributed by atoms with Crippen LogP contribution >= 0.6 is 0 Å². The van der Waals surface area contributed by atoms with Crippen LogP contribution in [-0.4, -0.2) is 19.3 Å². The van der Waals surface area contributed by atoms with Crippen LogP contribution in [0.3, 0.4) is 0 Å². The number of halogens is 1. The first-order valence-electron chi connectivity index (χ1n) is 5.84. The Labute approximate surface area is 120 Å². The number of aromatic nitrogens is 1. The standard InChI is InChI=1S/C13H12FN3O3S/c1-8-2-3-9(7-16-8)13(18)17-11-6-10(14)4-5-12(11)21(15,19)20/h2-7H,1H3,(H,17,18)(H2,15,19,20). The first kappa shape index (κ1) is 15.1. The van der Waals surface area contributed by atoms with Gasteiger partial charge in [0.05, 0.1) is 11.3 Å². The molecule has 8 heteroatoms. The highest BCUT2D eigenvalue weighted by Gasteiger charge is 2.17. The van der Waals surface area contributed by atoms with Crippen molar-refractivity contribution < 1.29 is 17.6 Å². The summed E-state index contributed by atoms with van der Waals surface area (Å²) in [6, 6.07) is 5.98. The van der Waals surface area contributed by atoms with Crippen LogP contribution < -0.4 is 10.5 Å². The van der Waals surface area contributed by atoms with Gasteiger partial charge in [0, 0.05) is 11.9 Å². The summed E-state index contributed by atoms with van der Waals surface area (Å²) in [4.78, 5) is 15.6. The number of primary sulfonamides is 1. The van der Waals surface area contributed by atoms with Gasteiger partial charge in [0.1, 0.15) is 10.7 Å². The highest BCUT2D eigenvalue weighted by molar-refractivity contribution is 7.89. The SMILES string of the molecule is Cc1ccc(C(=O)Nc2cc(F)ccc2S(N)(=O)=O)cn1. The van der Waals surface area contributed by atoms with Gasteiger partial charge in [-0.1, -0.05) is 0 Å². The zero-order valence-electron chi connectivity index (χ0n) is 11.0. The molecule has 0 unspecified atom stereocenters. The number of nitrogens with two attached hydrogens (primary N) is 1. The molecule has 0 saturated heterocycles. The van der Waals surface area contributed by atoms with E-state index in [1.807, 2.05) is 0 Å². The fraction of sp³-hybridized carbons (Fsp3) is 0.0769. The molecule has 0 aliphatic carbocycles. The van der Waals surface area contributed by atoms with Crippen molar-refractivity contribution in [1.29, 1.82) is 0 Å². The molecule has 0 aliphatic heterocycles. The van der Waals surface area contributed by atoms with Gasteiger partial charge in [0.25, 0.3) is 5.91 Å². The molecular weight excluding hydrogens is 297 g/mol. The summed E-state index contributed by atoms with van der Waals surface area (Å²) in [6.45, 7) is 1.76. The Kier molecular flexibility index (Phi) is 4.01. The van der Waals surface area contributed by atoms with E-state index >= 15 is 0 Å². The monoisotopic (exact) mass is 309 g/mol. The summed E-state index contributed by atoms with van der Waals surface area (Å²) in [6.07, 6.45) is 1.33. The van der Waals surface area contributed by atoms with Crippen LogP contribution in [0.2, 0.25) is 0 Å². The largest absolute Gasteiger partial charge is 0.321 e. The van der Waals surface area contributed by atoms with Gasteiger partial charge in [0.2, 0.25) is 10.0 Å². The molecule has 110 valence electrons. The number of hydrogen-bond donors (Lipinski definition) is 2. The van der Waals surface area contributed by atoms with Gasteiger partial charge >= 0.3 is 0 Å². The number of carbonyl (C=O) groups is 1. The highest BCUT2D eigenvalue weighted by atomic mass is 32.2. The molecule has 21 heavy (non-hydrogen) atoms. The van der Waals surface area contributed by atoms with E-state index in [2.05, 4.69) is 10.3 Å². The molecule has 3 N–H and O–H groups in total. The first-order chi connectivity index (χ1) is 9.77. The van der Waals surface area contributed by atoms with E-state index in [-0.39, 0.29) is 16.1 Å². The third-order valence-corrected chi connectivity index (χ3v) is 3.64. The zero-order valence-corrected chi connectivity index (χ0v) is 11.8. The second kappa shape index (κ2) is 5.58. The van der Waals surface area contributed by atoms with E-state index in [0.29, 0.717) is 0 Å². The van der Waals surface area contributed by atoms with E-state index in [0.717, 1.165) is 23.9 Å². The molecule has 0 fully saturated rings. The predicted molar refractivity (Wildman–Crippen MR) is 74.7 cm³/mol. The van der Waals surface area contributed by atoms with E-state index in [1.165, 1.54) is 12.3 Å². The van der Waals surface area contributed by atoms with Gasteiger partial charge < -0.3 is 5.32 Å². The van der Waals surface area contributed by atoms with Crippen molar-refractivity contribution in [3.8, 4) is 0 Å². The molecule has 1 aromatic heterocycles. The number of nitrogens with zero attached hydrogens (tertiary/aromatic N) is 1. The van der Waals surface area contributed by atoms with Gasteiger partial charge in [-0.15, -0.1) is 0 Å². The molecule has 0 radical (unpaired) electrons. The van der Waals surface area contributed by atoms with Crippen molar-refractivity contribution in [3.63, 3.8) is 0 Å². The molecule has 0 atom stereocenters. The van der Waals surface area contributed by atoms with Gasteiger partial charge in [-0.05, 0) is 37.3 Å². The molecule has 0 bridgehead atoms. The van der Waals surface area contributed by atoms with Crippen LogP contribution in [0.1, 0.15) is 16.1 Å². The molecule has 2 aromatic rings. The lowest BCUT2D eigenvalue weighted by atomic mass is 10.2. The lowest BCUT2D eigenvalue weighted by Gasteiger charge is -2.09. The maximum absolute atomic E-state index is 13.2. The van der Waals surface area contributed by atoms with Gasteiger partial charge in [-0.2, -0.15) is 0 Å². The van der Waals surface area contributed by atoms with Crippen LogP contribution in [0.25, 0.3) is 0 Å². The lowest BCUT2D eigenvalue weighted by Crippen LogP contribution is -2.18. The van der Waals surface area contributed by atoms with Crippen molar-refractivity contribution in [1.82, 2.24) is 4.98 Å². The lowest BCUT2D eigenvalue weighted by molar-refractivity contribution is 0.102. The van der Waals surface area contributed by atoms with Crippen molar-refractivity contribution >= 4 is 21.6 Å². The zero-order chi connectivity index (χ0) is 15.6. The summed E-state index contributed by atoms with van der Waals surface area (Å²) < 4.78 is 36.1. The maximum Gasteiger partial charge on any atom is 0.257 e. The van der Waals surface area contributed by atoms with Crippen molar-refractivity contribution in [3.05, 3.63) is 53.6 Å². The molecule has 0 aliphatic rings. The van der Waals surface area contributed by atoms with Crippen LogP contribution in [0, 0.1) is 12.7 Å². The number of sulfonamides is 1. The second-order valence-electron chi connectivity index (χ2n) is 4.33. The summed E-state index contributed by atoms with van der Waals surface area (Å²) in [5.74, 6) is -1.31. The Morgan fingerprint density at radius 2 is 2.00 bits per heavy atom. The third kappa shape index (κ3) is 3.61. The minimum atomic E-state index is -4.08. The minimum Gasteiger partial charge on any atom is -0.321 e. The van der Waals surface area contributed by atoms with Gasteiger partial charge in [-0.25, -0.2) is 17.9 Å². The average molecular weight is 309 g/mol. The quantitative estimate of drug-likeness (QED) is 0.895. The minimum absolute atomic E-state index is 0.213. The van der Waals surface area contributed by atoms with E-state index in [9.17, 15) is 17.6 Å². The predicted octanol–water partition coefficient (Wildman–Crippen LogP) is 1.43. The Bertz CT molecular complexity index is 789. The molecule has 1 heterocycles. The maximum atomic E-state index is 13.2. The molecule has 2 rings (SSSR count). The van der Waals surface area contributed by atoms with E-state index in [1.54, 1.807) is 13.0 Å². The van der Waals surface area contributed by atoms with Gasteiger partial charge in [-0.3, -0.25) is 9.78 Å². The molecule has 1 amide bonds. The fourth-order valence-electron chi connectivity index (χ4n) is 1.64. The molecule has 0 spiro atoms. The Morgan fingerprint density at radius 1 is 1.29 bits per heavy atom.